The first-order valence-electron chi connectivity index (χ1n) is 5.12. The van der Waals surface area contributed by atoms with E-state index < -0.39 is 0 Å². The van der Waals surface area contributed by atoms with Crippen LogP contribution in [-0.4, -0.2) is 14.8 Å². The van der Waals surface area contributed by atoms with E-state index in [1.807, 2.05) is 18.5 Å². The number of hydrogen-bond acceptors (Lipinski definition) is 3. The van der Waals surface area contributed by atoms with E-state index in [1.54, 1.807) is 12.1 Å². The molecule has 96 valence electrons. The van der Waals surface area contributed by atoms with Crippen LogP contribution in [0.1, 0.15) is 11.4 Å². The predicted octanol–water partition coefficient (Wildman–Crippen LogP) is 4.38. The largest absolute Gasteiger partial charge is 0.309 e. The van der Waals surface area contributed by atoms with Gasteiger partial charge in [0.25, 0.3) is 0 Å². The van der Waals surface area contributed by atoms with E-state index in [2.05, 4.69) is 10.2 Å². The fourth-order valence-corrected chi connectivity index (χ4v) is 3.19. The van der Waals surface area contributed by atoms with Crippen molar-refractivity contribution in [3.05, 3.63) is 38.6 Å². The second-order valence-corrected chi connectivity index (χ2v) is 5.83. The summed E-state index contributed by atoms with van der Waals surface area (Å²) >= 11 is 19.7. The van der Waals surface area contributed by atoms with Crippen molar-refractivity contribution in [2.45, 2.75) is 17.8 Å². The molecule has 0 radical (unpaired) electrons. The lowest BCUT2D eigenvalue weighted by Gasteiger charge is -2.07. The molecule has 0 aliphatic carbocycles. The fourth-order valence-electron chi connectivity index (χ4n) is 1.35. The van der Waals surface area contributed by atoms with E-state index in [0.717, 1.165) is 16.5 Å². The molecule has 0 bridgehead atoms. The van der Waals surface area contributed by atoms with Crippen LogP contribution in [0, 0.1) is 6.92 Å². The van der Waals surface area contributed by atoms with Crippen LogP contribution in [0.3, 0.4) is 0 Å². The lowest BCUT2D eigenvalue weighted by molar-refractivity contribution is 0.765. The Morgan fingerprint density at radius 2 is 1.83 bits per heavy atom. The first-order valence-corrected chi connectivity index (χ1v) is 7.24. The molecule has 0 N–H and O–H groups in total. The van der Waals surface area contributed by atoms with E-state index in [1.165, 1.54) is 11.8 Å². The van der Waals surface area contributed by atoms with Gasteiger partial charge in [-0.25, -0.2) is 0 Å². The van der Waals surface area contributed by atoms with Gasteiger partial charge in [-0.15, -0.1) is 10.2 Å². The molecule has 0 unspecified atom stereocenters. The monoisotopic (exact) mass is 321 g/mol. The third kappa shape index (κ3) is 2.77. The molecule has 3 nitrogen and oxygen atoms in total. The summed E-state index contributed by atoms with van der Waals surface area (Å²) in [5.41, 5.74) is 0.816. The highest BCUT2D eigenvalue weighted by Gasteiger charge is 2.12. The first-order chi connectivity index (χ1) is 8.50. The molecule has 2 rings (SSSR count). The van der Waals surface area contributed by atoms with Crippen LogP contribution in [0.5, 0.6) is 0 Å². The maximum Gasteiger partial charge on any atom is 0.191 e. The molecule has 0 atom stereocenters. The average Bonchev–Trinajstić information content (AvgIpc) is 2.66. The van der Waals surface area contributed by atoms with E-state index in [4.69, 9.17) is 34.8 Å². The van der Waals surface area contributed by atoms with E-state index in [-0.39, 0.29) is 0 Å². The number of halogens is 3. The van der Waals surface area contributed by atoms with Gasteiger partial charge in [-0.2, -0.15) is 0 Å². The Morgan fingerprint density at radius 1 is 1.17 bits per heavy atom. The molecule has 1 heterocycles. The van der Waals surface area contributed by atoms with Crippen LogP contribution in [0.4, 0.5) is 0 Å². The summed E-state index contributed by atoms with van der Waals surface area (Å²) in [5.74, 6) is 1.46. The van der Waals surface area contributed by atoms with Crippen LogP contribution >= 0.6 is 46.6 Å². The van der Waals surface area contributed by atoms with E-state index in [0.29, 0.717) is 20.8 Å². The Labute approximate surface area is 124 Å². The zero-order chi connectivity index (χ0) is 13.3. The second-order valence-electron chi connectivity index (χ2n) is 3.70. The lowest BCUT2D eigenvalue weighted by Crippen LogP contribution is -1.94. The third-order valence-electron chi connectivity index (χ3n) is 2.54. The number of aryl methyl sites for hydroxylation is 1. The number of hydrogen-bond donors (Lipinski definition) is 0. The first kappa shape index (κ1) is 14.0. The smallest absolute Gasteiger partial charge is 0.191 e. The molecule has 2 aromatic rings. The summed E-state index contributed by atoms with van der Waals surface area (Å²) in [6, 6.07) is 3.43. The zero-order valence-corrected chi connectivity index (χ0v) is 12.8. The van der Waals surface area contributed by atoms with Crippen molar-refractivity contribution in [1.29, 1.82) is 0 Å². The van der Waals surface area contributed by atoms with Gasteiger partial charge in [0.15, 0.2) is 5.16 Å². The van der Waals surface area contributed by atoms with E-state index in [9.17, 15) is 0 Å². The van der Waals surface area contributed by atoms with Gasteiger partial charge in [-0.1, -0.05) is 46.6 Å². The minimum atomic E-state index is 0.496. The minimum Gasteiger partial charge on any atom is -0.309 e. The van der Waals surface area contributed by atoms with Gasteiger partial charge in [0.2, 0.25) is 0 Å². The van der Waals surface area contributed by atoms with Crippen molar-refractivity contribution in [2.75, 3.05) is 0 Å². The van der Waals surface area contributed by atoms with Crippen LogP contribution < -0.4 is 0 Å². The standard InChI is InChI=1S/C11H10Cl3N3S/c1-6-15-16-11(17(6)2)18-5-7-8(12)3-4-9(13)10(7)14/h3-4H,5H2,1-2H3. The predicted molar refractivity (Wildman–Crippen MR) is 76.8 cm³/mol. The molecule has 18 heavy (non-hydrogen) atoms. The van der Waals surface area contributed by atoms with Crippen molar-refractivity contribution in [1.82, 2.24) is 14.8 Å². The van der Waals surface area contributed by atoms with Gasteiger partial charge in [0.1, 0.15) is 5.82 Å². The Balaban J connectivity index is 2.21. The second kappa shape index (κ2) is 5.70. The van der Waals surface area contributed by atoms with Crippen molar-refractivity contribution < 1.29 is 0 Å². The number of benzene rings is 1. The highest BCUT2D eigenvalue weighted by molar-refractivity contribution is 7.98. The van der Waals surface area contributed by atoms with Crippen molar-refractivity contribution in [2.24, 2.45) is 7.05 Å². The number of thioether (sulfide) groups is 1. The average molecular weight is 323 g/mol. The molecule has 0 aliphatic heterocycles. The van der Waals surface area contributed by atoms with Gasteiger partial charge in [0, 0.05) is 23.4 Å². The Kier molecular flexibility index (Phi) is 4.43. The molecule has 0 saturated heterocycles. The highest BCUT2D eigenvalue weighted by Crippen LogP contribution is 2.35. The molecule has 1 aromatic carbocycles. The summed E-state index contributed by atoms with van der Waals surface area (Å²) in [6.45, 7) is 1.90. The van der Waals surface area contributed by atoms with Gasteiger partial charge in [0.05, 0.1) is 10.0 Å². The quantitative estimate of drug-likeness (QED) is 0.621. The van der Waals surface area contributed by atoms with Gasteiger partial charge in [-0.05, 0) is 19.1 Å². The zero-order valence-electron chi connectivity index (χ0n) is 9.75. The van der Waals surface area contributed by atoms with Crippen molar-refractivity contribution in [3.8, 4) is 0 Å². The van der Waals surface area contributed by atoms with Crippen LogP contribution in [0.15, 0.2) is 17.3 Å². The molecule has 0 fully saturated rings. The third-order valence-corrected chi connectivity index (χ3v) is 4.78. The maximum atomic E-state index is 6.14. The molecule has 0 saturated carbocycles. The van der Waals surface area contributed by atoms with E-state index >= 15 is 0 Å². The molecule has 0 amide bonds. The molecule has 1 aromatic heterocycles. The fraction of sp³-hybridized carbons (Fsp3) is 0.273. The Morgan fingerprint density at radius 3 is 2.44 bits per heavy atom. The summed E-state index contributed by atoms with van der Waals surface area (Å²) < 4.78 is 1.91. The van der Waals surface area contributed by atoms with Gasteiger partial charge in [-0.3, -0.25) is 0 Å². The summed E-state index contributed by atoms with van der Waals surface area (Å²) in [5, 5.41) is 10.5. The minimum absolute atomic E-state index is 0.496. The molecular formula is C11H10Cl3N3S. The Bertz CT molecular complexity index is 583. The number of aromatic nitrogens is 3. The van der Waals surface area contributed by atoms with Crippen LogP contribution in [-0.2, 0) is 12.8 Å². The van der Waals surface area contributed by atoms with Crippen LogP contribution in [0.2, 0.25) is 15.1 Å². The number of rotatable bonds is 3. The van der Waals surface area contributed by atoms with Gasteiger partial charge >= 0.3 is 0 Å². The highest BCUT2D eigenvalue weighted by atomic mass is 35.5. The van der Waals surface area contributed by atoms with Gasteiger partial charge < -0.3 is 4.57 Å². The topological polar surface area (TPSA) is 30.7 Å². The molecule has 7 heteroatoms. The van der Waals surface area contributed by atoms with Crippen LogP contribution in [0.25, 0.3) is 0 Å². The SMILES string of the molecule is Cc1nnc(SCc2c(Cl)ccc(Cl)c2Cl)n1C. The summed E-state index contributed by atoms with van der Waals surface area (Å²) in [6.07, 6.45) is 0. The maximum absolute atomic E-state index is 6.14. The normalized spacial score (nSPS) is 10.9. The molecule has 0 aliphatic rings. The van der Waals surface area contributed by atoms with Crippen molar-refractivity contribution in [3.63, 3.8) is 0 Å². The molecular weight excluding hydrogens is 313 g/mol. The summed E-state index contributed by atoms with van der Waals surface area (Å²) in [7, 11) is 1.92. The summed E-state index contributed by atoms with van der Waals surface area (Å²) in [4.78, 5) is 0. The Hall–Kier alpha value is -0.420. The lowest BCUT2D eigenvalue weighted by atomic mass is 10.2. The molecule has 0 spiro atoms. The number of nitrogens with zero attached hydrogens (tertiary/aromatic N) is 3. The van der Waals surface area contributed by atoms with Crippen molar-refractivity contribution >= 4 is 46.6 Å².